The Labute approximate surface area is 191 Å². The maximum Gasteiger partial charge on any atom is 0.331 e. The van der Waals surface area contributed by atoms with Crippen LogP contribution in [-0.4, -0.2) is 38.5 Å². The lowest BCUT2D eigenvalue weighted by atomic mass is 10.2. The van der Waals surface area contributed by atoms with Crippen molar-refractivity contribution in [2.24, 2.45) is 0 Å². The largest absolute Gasteiger partial charge is 0.491 e. The third kappa shape index (κ3) is 5.85. The molecule has 1 atom stereocenters. The first-order valence-corrected chi connectivity index (χ1v) is 10.3. The number of ether oxygens (including phenoxy) is 5. The van der Waals surface area contributed by atoms with Gasteiger partial charge in [0.15, 0.2) is 29.1 Å². The number of amides is 1. The summed E-state index contributed by atoms with van der Waals surface area (Å²) in [5.41, 5.74) is 1.46. The molecular formula is C23H24ClNO7. The van der Waals surface area contributed by atoms with Crippen molar-refractivity contribution in [2.75, 3.05) is 20.5 Å². The van der Waals surface area contributed by atoms with Crippen LogP contribution in [0.3, 0.4) is 0 Å². The van der Waals surface area contributed by atoms with Crippen LogP contribution in [0.2, 0.25) is 5.02 Å². The average Bonchev–Trinajstić information content (AvgIpc) is 3.24. The topological polar surface area (TPSA) is 92.3 Å². The normalized spacial score (nSPS) is 13.0. The minimum atomic E-state index is -0.973. The Balaban J connectivity index is 1.53. The summed E-state index contributed by atoms with van der Waals surface area (Å²) in [6.45, 7) is 4.21. The zero-order chi connectivity index (χ0) is 23.1. The van der Waals surface area contributed by atoms with Crippen molar-refractivity contribution < 1.29 is 33.3 Å². The number of nitrogens with one attached hydrogen (secondary N) is 1. The second kappa shape index (κ2) is 10.8. The summed E-state index contributed by atoms with van der Waals surface area (Å²) >= 11 is 6.21. The summed E-state index contributed by atoms with van der Waals surface area (Å²) in [5, 5.41) is 3.08. The SMILES string of the molecule is CCOc1cc(C=CC(=O)OC(C)C(=O)NCc2ccc3c(c2)OCO3)cc(Cl)c1OC. The zero-order valence-corrected chi connectivity index (χ0v) is 18.7. The van der Waals surface area contributed by atoms with Crippen molar-refractivity contribution in [3.05, 3.63) is 52.6 Å². The predicted octanol–water partition coefficient (Wildman–Crippen LogP) is 3.74. The van der Waals surface area contributed by atoms with E-state index in [4.69, 9.17) is 35.3 Å². The molecule has 0 saturated heterocycles. The molecule has 9 heteroatoms. The van der Waals surface area contributed by atoms with Crippen molar-refractivity contribution in [3.63, 3.8) is 0 Å². The fourth-order valence-corrected chi connectivity index (χ4v) is 3.26. The quantitative estimate of drug-likeness (QED) is 0.449. The molecule has 0 fully saturated rings. The molecule has 2 aromatic carbocycles. The van der Waals surface area contributed by atoms with E-state index < -0.39 is 18.0 Å². The third-order valence-electron chi connectivity index (χ3n) is 4.51. The first-order valence-electron chi connectivity index (χ1n) is 9.96. The number of rotatable bonds is 9. The summed E-state index contributed by atoms with van der Waals surface area (Å²) < 4.78 is 26.5. The predicted molar refractivity (Wildman–Crippen MR) is 118 cm³/mol. The third-order valence-corrected chi connectivity index (χ3v) is 4.79. The summed E-state index contributed by atoms with van der Waals surface area (Å²) in [4.78, 5) is 24.4. The zero-order valence-electron chi connectivity index (χ0n) is 18.0. The number of carbonyl (C=O) groups excluding carboxylic acids is 2. The van der Waals surface area contributed by atoms with Gasteiger partial charge in [-0.15, -0.1) is 0 Å². The van der Waals surface area contributed by atoms with Gasteiger partial charge in [0, 0.05) is 12.6 Å². The molecule has 0 aromatic heterocycles. The highest BCUT2D eigenvalue weighted by atomic mass is 35.5. The van der Waals surface area contributed by atoms with Crippen LogP contribution in [0, 0.1) is 0 Å². The number of halogens is 1. The monoisotopic (exact) mass is 461 g/mol. The molecule has 170 valence electrons. The van der Waals surface area contributed by atoms with Gasteiger partial charge in [-0.1, -0.05) is 17.7 Å². The Bertz CT molecular complexity index is 1020. The first-order chi connectivity index (χ1) is 15.4. The van der Waals surface area contributed by atoms with Gasteiger partial charge in [0.05, 0.1) is 18.7 Å². The lowest BCUT2D eigenvalue weighted by molar-refractivity contribution is -0.150. The molecule has 8 nitrogen and oxygen atoms in total. The first kappa shape index (κ1) is 23.3. The molecule has 0 saturated carbocycles. The van der Waals surface area contributed by atoms with Crippen LogP contribution >= 0.6 is 11.6 Å². The van der Waals surface area contributed by atoms with E-state index in [9.17, 15) is 9.59 Å². The van der Waals surface area contributed by atoms with E-state index in [1.807, 2.05) is 13.0 Å². The fourth-order valence-electron chi connectivity index (χ4n) is 2.96. The standard InChI is InChI=1S/C23H24ClNO7/c1-4-29-20-10-15(9-17(24)22(20)28-3)6-8-21(26)32-14(2)23(27)25-12-16-5-7-18-19(11-16)31-13-30-18/h5-11,14H,4,12-13H2,1-3H3,(H,25,27). The Morgan fingerprint density at radius 1 is 1.22 bits per heavy atom. The number of hydrogen-bond acceptors (Lipinski definition) is 7. The van der Waals surface area contributed by atoms with Gasteiger partial charge >= 0.3 is 5.97 Å². The molecule has 1 aliphatic rings. The van der Waals surface area contributed by atoms with E-state index in [2.05, 4.69) is 5.32 Å². The number of esters is 1. The molecule has 1 aliphatic heterocycles. The van der Waals surface area contributed by atoms with Gasteiger partial charge in [0.25, 0.3) is 5.91 Å². The average molecular weight is 462 g/mol. The molecule has 32 heavy (non-hydrogen) atoms. The van der Waals surface area contributed by atoms with Crippen LogP contribution in [0.4, 0.5) is 0 Å². The minimum Gasteiger partial charge on any atom is -0.491 e. The number of methoxy groups -OCH3 is 1. The molecule has 1 amide bonds. The maximum absolute atomic E-state index is 12.3. The van der Waals surface area contributed by atoms with Crippen LogP contribution in [0.5, 0.6) is 23.0 Å². The van der Waals surface area contributed by atoms with Crippen molar-refractivity contribution in [3.8, 4) is 23.0 Å². The number of hydrogen-bond donors (Lipinski definition) is 1. The number of carbonyl (C=O) groups is 2. The van der Waals surface area contributed by atoms with Crippen LogP contribution < -0.4 is 24.3 Å². The summed E-state index contributed by atoms with van der Waals surface area (Å²) in [6.07, 6.45) is 1.77. The molecule has 0 aliphatic carbocycles. The minimum absolute atomic E-state index is 0.182. The number of benzene rings is 2. The lowest BCUT2D eigenvalue weighted by Crippen LogP contribution is -2.35. The van der Waals surface area contributed by atoms with E-state index >= 15 is 0 Å². The smallest absolute Gasteiger partial charge is 0.331 e. The van der Waals surface area contributed by atoms with Crippen LogP contribution in [-0.2, 0) is 20.9 Å². The molecule has 1 heterocycles. The molecule has 2 aromatic rings. The van der Waals surface area contributed by atoms with E-state index in [-0.39, 0.29) is 13.3 Å². The number of fused-ring (bicyclic) bond motifs is 1. The second-order valence-corrected chi connectivity index (χ2v) is 7.19. The van der Waals surface area contributed by atoms with Gasteiger partial charge < -0.3 is 29.0 Å². The molecule has 1 unspecified atom stereocenters. The highest BCUT2D eigenvalue weighted by Gasteiger charge is 2.18. The van der Waals surface area contributed by atoms with Gasteiger partial charge in [-0.2, -0.15) is 0 Å². The van der Waals surface area contributed by atoms with Crippen LogP contribution in [0.15, 0.2) is 36.4 Å². The van der Waals surface area contributed by atoms with Crippen molar-refractivity contribution in [1.82, 2.24) is 5.32 Å². The summed E-state index contributed by atoms with van der Waals surface area (Å²) in [7, 11) is 1.50. The molecule has 0 radical (unpaired) electrons. The van der Waals surface area contributed by atoms with Crippen LogP contribution in [0.25, 0.3) is 6.08 Å². The lowest BCUT2D eigenvalue weighted by Gasteiger charge is -2.13. The summed E-state index contributed by atoms with van der Waals surface area (Å²) in [6, 6.07) is 8.72. The Kier molecular flexibility index (Phi) is 7.83. The van der Waals surface area contributed by atoms with Crippen LogP contribution in [0.1, 0.15) is 25.0 Å². The maximum atomic E-state index is 12.3. The van der Waals surface area contributed by atoms with Crippen molar-refractivity contribution in [1.29, 1.82) is 0 Å². The highest BCUT2D eigenvalue weighted by molar-refractivity contribution is 6.32. The van der Waals surface area contributed by atoms with Gasteiger partial charge in [-0.05, 0) is 55.3 Å². The van der Waals surface area contributed by atoms with E-state index in [1.165, 1.54) is 26.2 Å². The Morgan fingerprint density at radius 2 is 2.00 bits per heavy atom. The Hall–Kier alpha value is -3.39. The highest BCUT2D eigenvalue weighted by Crippen LogP contribution is 2.36. The van der Waals surface area contributed by atoms with Gasteiger partial charge in [-0.3, -0.25) is 4.79 Å². The molecule has 1 N–H and O–H groups in total. The van der Waals surface area contributed by atoms with E-state index in [1.54, 1.807) is 24.3 Å². The Morgan fingerprint density at radius 3 is 2.75 bits per heavy atom. The fraction of sp³-hybridized carbons (Fsp3) is 0.304. The second-order valence-electron chi connectivity index (χ2n) is 6.78. The van der Waals surface area contributed by atoms with E-state index in [0.29, 0.717) is 40.2 Å². The van der Waals surface area contributed by atoms with Gasteiger partial charge in [0.1, 0.15) is 0 Å². The van der Waals surface area contributed by atoms with Crippen molar-refractivity contribution >= 4 is 29.6 Å². The molecule has 3 rings (SSSR count). The van der Waals surface area contributed by atoms with Crippen molar-refractivity contribution in [2.45, 2.75) is 26.5 Å². The molecular weight excluding hydrogens is 438 g/mol. The van der Waals surface area contributed by atoms with E-state index in [0.717, 1.165) is 5.56 Å². The van der Waals surface area contributed by atoms with Gasteiger partial charge in [-0.25, -0.2) is 4.79 Å². The summed E-state index contributed by atoms with van der Waals surface area (Å²) in [5.74, 6) is 1.09. The molecule has 0 spiro atoms. The molecule has 0 bridgehead atoms. The van der Waals surface area contributed by atoms with Gasteiger partial charge in [0.2, 0.25) is 6.79 Å².